The molecule has 164 valence electrons. The highest BCUT2D eigenvalue weighted by Gasteiger charge is 2.25. The van der Waals surface area contributed by atoms with E-state index in [1.54, 1.807) is 12.1 Å². The van der Waals surface area contributed by atoms with Gasteiger partial charge in [-0.2, -0.15) is 0 Å². The maximum atomic E-state index is 12.8. The third-order valence-electron chi connectivity index (χ3n) is 5.52. The standard InChI is InChI=1S/C25H23BrClN3O2/c1-17-5-7-19(8-6-17)25(32)30-15-13-29(14-16-30)23-21(27)3-2-4-22(23)28-24(31)18-9-11-20(26)12-10-18/h2-12H,13-16H2,1H3,(H,28,31). The van der Waals surface area contributed by atoms with Crippen LogP contribution >= 0.6 is 27.5 Å². The minimum absolute atomic E-state index is 0.0348. The van der Waals surface area contributed by atoms with E-state index in [4.69, 9.17) is 11.6 Å². The maximum Gasteiger partial charge on any atom is 0.255 e. The Balaban J connectivity index is 1.47. The molecule has 3 aromatic carbocycles. The zero-order valence-corrected chi connectivity index (χ0v) is 20.0. The Bertz CT molecular complexity index is 1120. The van der Waals surface area contributed by atoms with E-state index in [0.717, 1.165) is 15.7 Å². The first kappa shape index (κ1) is 22.4. The van der Waals surface area contributed by atoms with Gasteiger partial charge in [0.2, 0.25) is 0 Å². The van der Waals surface area contributed by atoms with Crippen molar-refractivity contribution in [2.24, 2.45) is 0 Å². The number of hydrogen-bond acceptors (Lipinski definition) is 3. The van der Waals surface area contributed by atoms with Crippen LogP contribution in [0.4, 0.5) is 11.4 Å². The molecule has 0 aliphatic carbocycles. The second-order valence-corrected chi connectivity index (χ2v) is 9.07. The Morgan fingerprint density at radius 1 is 0.875 bits per heavy atom. The van der Waals surface area contributed by atoms with Crippen molar-refractivity contribution in [1.82, 2.24) is 4.90 Å². The molecule has 7 heteroatoms. The quantitative estimate of drug-likeness (QED) is 0.493. The normalized spacial score (nSPS) is 13.7. The molecule has 1 aliphatic heterocycles. The zero-order chi connectivity index (χ0) is 22.7. The van der Waals surface area contributed by atoms with E-state index < -0.39 is 0 Å². The summed E-state index contributed by atoms with van der Waals surface area (Å²) in [7, 11) is 0. The Morgan fingerprint density at radius 3 is 2.16 bits per heavy atom. The topological polar surface area (TPSA) is 52.7 Å². The van der Waals surface area contributed by atoms with Crippen LogP contribution in [0.1, 0.15) is 26.3 Å². The number of carbonyl (C=O) groups excluding carboxylic acids is 2. The fraction of sp³-hybridized carbons (Fsp3) is 0.200. The third kappa shape index (κ3) is 4.97. The fourth-order valence-corrected chi connectivity index (χ4v) is 4.30. The van der Waals surface area contributed by atoms with Gasteiger partial charge < -0.3 is 15.1 Å². The summed E-state index contributed by atoms with van der Waals surface area (Å²) in [6, 6.07) is 20.3. The van der Waals surface area contributed by atoms with E-state index in [1.807, 2.05) is 66.4 Å². The molecule has 2 amide bonds. The minimum atomic E-state index is -0.200. The van der Waals surface area contributed by atoms with Crippen LogP contribution in [0.15, 0.2) is 71.2 Å². The van der Waals surface area contributed by atoms with Gasteiger partial charge >= 0.3 is 0 Å². The lowest BCUT2D eigenvalue weighted by molar-refractivity contribution is 0.0746. The molecule has 0 spiro atoms. The van der Waals surface area contributed by atoms with E-state index >= 15 is 0 Å². The third-order valence-corrected chi connectivity index (χ3v) is 6.36. The number of hydrogen-bond donors (Lipinski definition) is 1. The Kier molecular flexibility index (Phi) is 6.82. The van der Waals surface area contributed by atoms with Crippen LogP contribution < -0.4 is 10.2 Å². The highest BCUT2D eigenvalue weighted by atomic mass is 79.9. The molecule has 5 nitrogen and oxygen atoms in total. The van der Waals surface area contributed by atoms with Gasteiger partial charge in [0, 0.05) is 41.8 Å². The Morgan fingerprint density at radius 2 is 1.50 bits per heavy atom. The molecule has 1 aliphatic rings. The van der Waals surface area contributed by atoms with Gasteiger partial charge in [0.15, 0.2) is 0 Å². The zero-order valence-electron chi connectivity index (χ0n) is 17.6. The summed E-state index contributed by atoms with van der Waals surface area (Å²) in [4.78, 5) is 29.6. The summed E-state index contributed by atoms with van der Waals surface area (Å²) in [5, 5.41) is 3.56. The van der Waals surface area contributed by atoms with Crippen LogP contribution in [-0.4, -0.2) is 42.9 Å². The molecule has 0 unspecified atom stereocenters. The molecule has 0 aromatic heterocycles. The number of rotatable bonds is 4. The van der Waals surface area contributed by atoms with Crippen molar-refractivity contribution in [3.05, 3.63) is 92.9 Å². The maximum absolute atomic E-state index is 12.8. The van der Waals surface area contributed by atoms with E-state index in [9.17, 15) is 9.59 Å². The second kappa shape index (κ2) is 9.76. The van der Waals surface area contributed by atoms with Gasteiger partial charge in [-0.05, 0) is 55.5 Å². The van der Waals surface area contributed by atoms with E-state index in [0.29, 0.717) is 48.0 Å². The smallest absolute Gasteiger partial charge is 0.255 e. The number of aryl methyl sites for hydroxylation is 1. The van der Waals surface area contributed by atoms with Crippen molar-refractivity contribution < 1.29 is 9.59 Å². The first-order chi connectivity index (χ1) is 15.4. The molecule has 0 radical (unpaired) electrons. The van der Waals surface area contributed by atoms with Crippen LogP contribution in [0, 0.1) is 6.92 Å². The lowest BCUT2D eigenvalue weighted by Crippen LogP contribution is -2.49. The molecule has 0 saturated carbocycles. The summed E-state index contributed by atoms with van der Waals surface area (Å²) < 4.78 is 0.913. The molecule has 1 heterocycles. The van der Waals surface area contributed by atoms with Crippen molar-refractivity contribution in [3.63, 3.8) is 0 Å². The van der Waals surface area contributed by atoms with Gasteiger partial charge in [-0.1, -0.05) is 51.3 Å². The molecule has 4 rings (SSSR count). The number of nitrogens with one attached hydrogen (secondary N) is 1. The SMILES string of the molecule is Cc1ccc(C(=O)N2CCN(c3c(Cl)cccc3NC(=O)c3ccc(Br)cc3)CC2)cc1. The van der Waals surface area contributed by atoms with Gasteiger partial charge in [-0.3, -0.25) is 9.59 Å². The van der Waals surface area contributed by atoms with Gasteiger partial charge in [0.1, 0.15) is 0 Å². The average molecular weight is 513 g/mol. The second-order valence-electron chi connectivity index (χ2n) is 7.74. The summed E-state index contributed by atoms with van der Waals surface area (Å²) in [5.74, 6) is -0.165. The molecule has 1 fully saturated rings. The van der Waals surface area contributed by atoms with Crippen molar-refractivity contribution in [2.75, 3.05) is 36.4 Å². The lowest BCUT2D eigenvalue weighted by Gasteiger charge is -2.37. The van der Waals surface area contributed by atoms with Crippen LogP contribution in [0.2, 0.25) is 5.02 Å². The summed E-state index contributed by atoms with van der Waals surface area (Å²) in [6.07, 6.45) is 0. The van der Waals surface area contributed by atoms with Gasteiger partial charge in [0.25, 0.3) is 11.8 Å². The number of halogens is 2. The number of amides is 2. The highest BCUT2D eigenvalue weighted by molar-refractivity contribution is 9.10. The van der Waals surface area contributed by atoms with E-state index in [1.165, 1.54) is 0 Å². The predicted molar refractivity (Wildman–Crippen MR) is 133 cm³/mol. The number of benzene rings is 3. The summed E-state index contributed by atoms with van der Waals surface area (Å²) in [6.45, 7) is 4.42. The number of nitrogens with zero attached hydrogens (tertiary/aromatic N) is 2. The van der Waals surface area contributed by atoms with Crippen molar-refractivity contribution in [3.8, 4) is 0 Å². The molecular weight excluding hydrogens is 490 g/mol. The number of carbonyl (C=O) groups is 2. The van der Waals surface area contributed by atoms with E-state index in [-0.39, 0.29) is 11.8 Å². The first-order valence-corrected chi connectivity index (χ1v) is 11.6. The number of anilines is 2. The van der Waals surface area contributed by atoms with Crippen LogP contribution in [0.25, 0.3) is 0 Å². The molecule has 1 N–H and O–H groups in total. The highest BCUT2D eigenvalue weighted by Crippen LogP contribution is 2.35. The lowest BCUT2D eigenvalue weighted by atomic mass is 10.1. The Hall–Kier alpha value is -2.83. The molecule has 1 saturated heterocycles. The van der Waals surface area contributed by atoms with Crippen LogP contribution in [-0.2, 0) is 0 Å². The minimum Gasteiger partial charge on any atom is -0.365 e. The number of para-hydroxylation sites is 1. The van der Waals surface area contributed by atoms with Gasteiger partial charge in [-0.25, -0.2) is 0 Å². The van der Waals surface area contributed by atoms with E-state index in [2.05, 4.69) is 26.1 Å². The summed E-state index contributed by atoms with van der Waals surface area (Å²) in [5.41, 5.74) is 3.82. The van der Waals surface area contributed by atoms with Crippen LogP contribution in [0.5, 0.6) is 0 Å². The average Bonchev–Trinajstić information content (AvgIpc) is 2.80. The van der Waals surface area contributed by atoms with Gasteiger partial charge in [-0.15, -0.1) is 0 Å². The molecule has 32 heavy (non-hydrogen) atoms. The number of piperazine rings is 1. The fourth-order valence-electron chi connectivity index (χ4n) is 3.75. The summed E-state index contributed by atoms with van der Waals surface area (Å²) >= 11 is 9.93. The van der Waals surface area contributed by atoms with Crippen molar-refractivity contribution >= 4 is 50.7 Å². The van der Waals surface area contributed by atoms with Gasteiger partial charge in [0.05, 0.1) is 16.4 Å². The molecule has 0 bridgehead atoms. The monoisotopic (exact) mass is 511 g/mol. The molecular formula is C25H23BrClN3O2. The molecule has 0 atom stereocenters. The van der Waals surface area contributed by atoms with Crippen LogP contribution in [0.3, 0.4) is 0 Å². The Labute approximate surface area is 201 Å². The predicted octanol–water partition coefficient (Wildman–Crippen LogP) is 5.63. The van der Waals surface area contributed by atoms with Crippen molar-refractivity contribution in [1.29, 1.82) is 0 Å². The van der Waals surface area contributed by atoms with Crippen molar-refractivity contribution in [2.45, 2.75) is 6.92 Å². The first-order valence-electron chi connectivity index (χ1n) is 10.4. The largest absolute Gasteiger partial charge is 0.365 e. The molecule has 3 aromatic rings.